The molecule has 0 amide bonds. The third-order valence-electron chi connectivity index (χ3n) is 4.31. The van der Waals surface area contributed by atoms with Gasteiger partial charge in [-0.3, -0.25) is 4.79 Å². The van der Waals surface area contributed by atoms with Crippen LogP contribution in [0.15, 0.2) is 54.6 Å². The molecule has 1 aliphatic carbocycles. The van der Waals surface area contributed by atoms with Gasteiger partial charge < -0.3 is 5.32 Å². The fraction of sp³-hybridized carbons (Fsp3) is 0.316. The molecule has 1 aliphatic rings. The minimum atomic E-state index is -0.263. The van der Waals surface area contributed by atoms with Crippen molar-refractivity contribution in [3.8, 4) is 0 Å². The molecule has 3 heteroatoms. The summed E-state index contributed by atoms with van der Waals surface area (Å²) in [5.41, 5.74) is 1.79. The maximum Gasteiger partial charge on any atom is 0.138 e. The molecule has 2 nitrogen and oxygen atoms in total. The molecule has 0 saturated heterocycles. The SMILES string of the molecule is O=C1CCCCC1C(Nc1ccccc1)c1cccc(F)c1. The first-order valence-electron chi connectivity index (χ1n) is 7.84. The lowest BCUT2D eigenvalue weighted by Gasteiger charge is -2.31. The van der Waals surface area contributed by atoms with Crippen molar-refractivity contribution >= 4 is 11.5 Å². The van der Waals surface area contributed by atoms with Crippen LogP contribution in [0.4, 0.5) is 10.1 Å². The molecule has 0 spiro atoms. The van der Waals surface area contributed by atoms with E-state index in [4.69, 9.17) is 0 Å². The first-order chi connectivity index (χ1) is 10.7. The molecule has 0 aliphatic heterocycles. The molecule has 2 atom stereocenters. The van der Waals surface area contributed by atoms with Crippen LogP contribution in [0, 0.1) is 11.7 Å². The minimum absolute atomic E-state index is 0.0873. The number of carbonyl (C=O) groups excluding carboxylic acids is 1. The predicted octanol–water partition coefficient (Wildman–Crippen LogP) is 4.74. The Balaban J connectivity index is 1.92. The van der Waals surface area contributed by atoms with Gasteiger partial charge in [-0.05, 0) is 42.7 Å². The van der Waals surface area contributed by atoms with E-state index in [1.165, 1.54) is 12.1 Å². The molecule has 0 radical (unpaired) electrons. The van der Waals surface area contributed by atoms with Crippen molar-refractivity contribution < 1.29 is 9.18 Å². The third kappa shape index (κ3) is 3.35. The second-order valence-corrected chi connectivity index (χ2v) is 5.86. The Morgan fingerprint density at radius 1 is 1.05 bits per heavy atom. The van der Waals surface area contributed by atoms with Crippen molar-refractivity contribution in [1.82, 2.24) is 0 Å². The van der Waals surface area contributed by atoms with Gasteiger partial charge in [-0.1, -0.05) is 36.8 Å². The molecule has 3 rings (SSSR count). The number of anilines is 1. The van der Waals surface area contributed by atoms with Gasteiger partial charge in [0.1, 0.15) is 11.6 Å². The van der Waals surface area contributed by atoms with Gasteiger partial charge in [0, 0.05) is 18.0 Å². The van der Waals surface area contributed by atoms with E-state index < -0.39 is 0 Å². The highest BCUT2D eigenvalue weighted by Crippen LogP contribution is 2.35. The van der Waals surface area contributed by atoms with E-state index in [1.807, 2.05) is 36.4 Å². The molecule has 2 aromatic rings. The summed E-state index contributed by atoms with van der Waals surface area (Å²) in [5, 5.41) is 3.44. The number of para-hydroxylation sites is 1. The van der Waals surface area contributed by atoms with Crippen molar-refractivity contribution in [2.24, 2.45) is 5.92 Å². The summed E-state index contributed by atoms with van der Waals surface area (Å²) in [7, 11) is 0. The lowest BCUT2D eigenvalue weighted by molar-refractivity contribution is -0.125. The Hall–Kier alpha value is -2.16. The number of rotatable bonds is 4. The average molecular weight is 297 g/mol. The number of nitrogens with one attached hydrogen (secondary N) is 1. The summed E-state index contributed by atoms with van der Waals surface area (Å²) >= 11 is 0. The summed E-state index contributed by atoms with van der Waals surface area (Å²) < 4.78 is 13.6. The van der Waals surface area contributed by atoms with Gasteiger partial charge in [-0.2, -0.15) is 0 Å². The highest BCUT2D eigenvalue weighted by atomic mass is 19.1. The molecule has 114 valence electrons. The van der Waals surface area contributed by atoms with Crippen LogP contribution in [0.1, 0.15) is 37.3 Å². The average Bonchev–Trinajstić information content (AvgIpc) is 2.54. The fourth-order valence-corrected chi connectivity index (χ4v) is 3.19. The van der Waals surface area contributed by atoms with Crippen molar-refractivity contribution in [2.75, 3.05) is 5.32 Å². The largest absolute Gasteiger partial charge is 0.378 e. The summed E-state index contributed by atoms with van der Waals surface area (Å²) in [6, 6.07) is 16.2. The maximum atomic E-state index is 13.6. The van der Waals surface area contributed by atoms with Crippen LogP contribution in [0.5, 0.6) is 0 Å². The molecule has 1 saturated carbocycles. The lowest BCUT2D eigenvalue weighted by atomic mass is 9.80. The molecule has 2 unspecified atom stereocenters. The van der Waals surface area contributed by atoms with Gasteiger partial charge >= 0.3 is 0 Å². The van der Waals surface area contributed by atoms with Crippen LogP contribution in [-0.4, -0.2) is 5.78 Å². The second kappa shape index (κ2) is 6.73. The number of carbonyl (C=O) groups is 1. The molecule has 2 aromatic carbocycles. The van der Waals surface area contributed by atoms with E-state index in [9.17, 15) is 9.18 Å². The van der Waals surface area contributed by atoms with Crippen LogP contribution in [0.25, 0.3) is 0 Å². The number of hydrogen-bond donors (Lipinski definition) is 1. The quantitative estimate of drug-likeness (QED) is 0.883. The highest BCUT2D eigenvalue weighted by molar-refractivity contribution is 5.83. The Bertz CT molecular complexity index is 641. The number of ketones is 1. The Morgan fingerprint density at radius 2 is 1.86 bits per heavy atom. The van der Waals surface area contributed by atoms with Crippen LogP contribution < -0.4 is 5.32 Å². The molecular formula is C19H20FNO. The van der Waals surface area contributed by atoms with E-state index >= 15 is 0 Å². The van der Waals surface area contributed by atoms with Crippen LogP contribution in [0.3, 0.4) is 0 Å². The van der Waals surface area contributed by atoms with Gasteiger partial charge in [-0.25, -0.2) is 4.39 Å². The first kappa shape index (κ1) is 14.8. The van der Waals surface area contributed by atoms with Crippen molar-refractivity contribution in [2.45, 2.75) is 31.7 Å². The van der Waals surface area contributed by atoms with Crippen LogP contribution in [0.2, 0.25) is 0 Å². The zero-order valence-corrected chi connectivity index (χ0v) is 12.5. The molecular weight excluding hydrogens is 277 g/mol. The molecule has 1 fully saturated rings. The van der Waals surface area contributed by atoms with Crippen molar-refractivity contribution in [1.29, 1.82) is 0 Å². The highest BCUT2D eigenvalue weighted by Gasteiger charge is 2.31. The minimum Gasteiger partial charge on any atom is -0.378 e. The maximum absolute atomic E-state index is 13.6. The van der Waals surface area contributed by atoms with Gasteiger partial charge in [-0.15, -0.1) is 0 Å². The van der Waals surface area contributed by atoms with Gasteiger partial charge in [0.05, 0.1) is 6.04 Å². The zero-order valence-electron chi connectivity index (χ0n) is 12.5. The van der Waals surface area contributed by atoms with E-state index in [1.54, 1.807) is 6.07 Å². The van der Waals surface area contributed by atoms with E-state index in [2.05, 4.69) is 5.32 Å². The zero-order chi connectivity index (χ0) is 15.4. The molecule has 0 bridgehead atoms. The number of hydrogen-bond acceptors (Lipinski definition) is 2. The molecule has 0 heterocycles. The Morgan fingerprint density at radius 3 is 2.59 bits per heavy atom. The summed E-state index contributed by atoms with van der Waals surface area (Å²) in [4.78, 5) is 12.4. The molecule has 1 N–H and O–H groups in total. The third-order valence-corrected chi connectivity index (χ3v) is 4.31. The molecule has 22 heavy (non-hydrogen) atoms. The van der Waals surface area contributed by atoms with E-state index in [-0.39, 0.29) is 23.6 Å². The monoisotopic (exact) mass is 297 g/mol. The predicted molar refractivity (Wildman–Crippen MR) is 86.2 cm³/mol. The van der Waals surface area contributed by atoms with Crippen molar-refractivity contribution in [3.05, 3.63) is 66.0 Å². The fourth-order valence-electron chi connectivity index (χ4n) is 3.19. The van der Waals surface area contributed by atoms with Gasteiger partial charge in [0.15, 0.2) is 0 Å². The van der Waals surface area contributed by atoms with Crippen LogP contribution in [-0.2, 0) is 4.79 Å². The lowest BCUT2D eigenvalue weighted by Crippen LogP contribution is -2.30. The smallest absolute Gasteiger partial charge is 0.138 e. The number of Topliss-reactive ketones (excluding diaryl/α,β-unsaturated/α-hetero) is 1. The molecule has 0 aromatic heterocycles. The normalized spacial score (nSPS) is 19.7. The Labute approximate surface area is 130 Å². The summed E-state index contributed by atoms with van der Waals surface area (Å²) in [6.07, 6.45) is 3.52. The second-order valence-electron chi connectivity index (χ2n) is 5.86. The summed E-state index contributed by atoms with van der Waals surface area (Å²) in [5.74, 6) is -0.0691. The summed E-state index contributed by atoms with van der Waals surface area (Å²) in [6.45, 7) is 0. The van der Waals surface area contributed by atoms with Crippen LogP contribution >= 0.6 is 0 Å². The Kier molecular flexibility index (Phi) is 4.52. The first-order valence-corrected chi connectivity index (χ1v) is 7.84. The topological polar surface area (TPSA) is 29.1 Å². The number of halogens is 1. The number of benzene rings is 2. The van der Waals surface area contributed by atoms with E-state index in [0.29, 0.717) is 6.42 Å². The standard InChI is InChI=1S/C19H20FNO/c20-15-8-6-7-14(13-15)19(17-11-4-5-12-18(17)22)21-16-9-2-1-3-10-16/h1-3,6-10,13,17,19,21H,4-5,11-12H2. The van der Waals surface area contributed by atoms with Gasteiger partial charge in [0.2, 0.25) is 0 Å². The van der Waals surface area contributed by atoms with Gasteiger partial charge in [0.25, 0.3) is 0 Å². The van der Waals surface area contributed by atoms with Crippen molar-refractivity contribution in [3.63, 3.8) is 0 Å². The van der Waals surface area contributed by atoms with E-state index in [0.717, 1.165) is 30.5 Å².